The van der Waals surface area contributed by atoms with E-state index in [1.54, 1.807) is 0 Å². The number of hydrogen-bond acceptors (Lipinski definition) is 3. The van der Waals surface area contributed by atoms with Crippen molar-refractivity contribution in [1.82, 2.24) is 4.90 Å². The summed E-state index contributed by atoms with van der Waals surface area (Å²) in [6.07, 6.45) is 3.85. The molecule has 16 heavy (non-hydrogen) atoms. The van der Waals surface area contributed by atoms with Gasteiger partial charge in [-0.15, -0.1) is 0 Å². The van der Waals surface area contributed by atoms with Gasteiger partial charge in [0.1, 0.15) is 0 Å². The number of thioether (sulfide) groups is 1. The van der Waals surface area contributed by atoms with E-state index in [-0.39, 0.29) is 5.91 Å². The second-order valence-corrected chi connectivity index (χ2v) is 6.22. The lowest BCUT2D eigenvalue weighted by Crippen LogP contribution is -2.51. The van der Waals surface area contributed by atoms with Crippen molar-refractivity contribution in [2.24, 2.45) is 11.1 Å². The molecule has 3 nitrogen and oxygen atoms in total. The van der Waals surface area contributed by atoms with Gasteiger partial charge in [-0.3, -0.25) is 4.79 Å². The largest absolute Gasteiger partial charge is 0.392 e. The zero-order valence-corrected chi connectivity index (χ0v) is 11.0. The van der Waals surface area contributed by atoms with Gasteiger partial charge >= 0.3 is 0 Å². The van der Waals surface area contributed by atoms with Gasteiger partial charge in [0.15, 0.2) is 0 Å². The average Bonchev–Trinajstić information content (AvgIpc) is 2.79. The van der Waals surface area contributed by atoms with Crippen LogP contribution in [0.25, 0.3) is 0 Å². The number of nitrogens with two attached hydrogens (primary N) is 1. The summed E-state index contributed by atoms with van der Waals surface area (Å²) in [7, 11) is 0. The van der Waals surface area contributed by atoms with Crippen LogP contribution >= 0.6 is 24.0 Å². The van der Waals surface area contributed by atoms with Crippen LogP contribution in [-0.4, -0.2) is 40.4 Å². The maximum Gasteiger partial charge on any atom is 0.235 e. The SMILES string of the molecule is NC(=S)C1(C(=O)N2CCSCC2)CCCC1. The predicted molar refractivity (Wildman–Crippen MR) is 71.6 cm³/mol. The zero-order valence-electron chi connectivity index (χ0n) is 9.41. The van der Waals surface area contributed by atoms with Crippen molar-refractivity contribution in [3.63, 3.8) is 0 Å². The fraction of sp³-hybridized carbons (Fsp3) is 0.818. The number of hydrogen-bond donors (Lipinski definition) is 1. The van der Waals surface area contributed by atoms with Crippen molar-refractivity contribution in [2.45, 2.75) is 25.7 Å². The highest BCUT2D eigenvalue weighted by Crippen LogP contribution is 2.40. The Morgan fingerprint density at radius 3 is 2.31 bits per heavy atom. The Morgan fingerprint density at radius 2 is 1.81 bits per heavy atom. The van der Waals surface area contributed by atoms with Crippen LogP contribution in [0.4, 0.5) is 0 Å². The normalized spacial score (nSPS) is 24.4. The van der Waals surface area contributed by atoms with Crippen molar-refractivity contribution in [1.29, 1.82) is 0 Å². The summed E-state index contributed by atoms with van der Waals surface area (Å²) < 4.78 is 0. The quantitative estimate of drug-likeness (QED) is 0.761. The highest BCUT2D eigenvalue weighted by Gasteiger charge is 2.46. The van der Waals surface area contributed by atoms with Gasteiger partial charge in [0.2, 0.25) is 5.91 Å². The van der Waals surface area contributed by atoms with E-state index < -0.39 is 5.41 Å². The average molecular weight is 258 g/mol. The Balaban J connectivity index is 2.13. The van der Waals surface area contributed by atoms with Gasteiger partial charge in [-0.1, -0.05) is 25.1 Å². The van der Waals surface area contributed by atoms with E-state index >= 15 is 0 Å². The van der Waals surface area contributed by atoms with E-state index in [4.69, 9.17) is 18.0 Å². The third-order valence-electron chi connectivity index (χ3n) is 3.64. The van der Waals surface area contributed by atoms with Crippen LogP contribution in [-0.2, 0) is 4.79 Å². The first kappa shape index (κ1) is 12.2. The number of thiocarbonyl (C=S) groups is 1. The Bertz CT molecular complexity index is 294. The molecule has 0 aromatic rings. The van der Waals surface area contributed by atoms with Crippen molar-refractivity contribution >= 4 is 34.9 Å². The standard InChI is InChI=1S/C11H18N2OS2/c12-9(15)11(3-1-2-4-11)10(14)13-5-7-16-8-6-13/h1-8H2,(H2,12,15). The van der Waals surface area contributed by atoms with E-state index in [1.807, 2.05) is 16.7 Å². The van der Waals surface area contributed by atoms with Crippen LogP contribution in [0, 0.1) is 5.41 Å². The smallest absolute Gasteiger partial charge is 0.235 e. The molecule has 1 saturated carbocycles. The molecule has 0 aromatic heterocycles. The van der Waals surface area contributed by atoms with Crippen LogP contribution < -0.4 is 5.73 Å². The molecule has 1 aliphatic heterocycles. The summed E-state index contributed by atoms with van der Waals surface area (Å²) >= 11 is 7.05. The van der Waals surface area contributed by atoms with Crippen LogP contribution in [0.5, 0.6) is 0 Å². The lowest BCUT2D eigenvalue weighted by molar-refractivity contribution is -0.137. The number of amides is 1. The summed E-state index contributed by atoms with van der Waals surface area (Å²) in [5, 5.41) is 0. The lowest BCUT2D eigenvalue weighted by Gasteiger charge is -2.35. The third-order valence-corrected chi connectivity index (χ3v) is 4.97. The summed E-state index contributed by atoms with van der Waals surface area (Å²) in [6.45, 7) is 1.71. The number of rotatable bonds is 2. The van der Waals surface area contributed by atoms with Gasteiger partial charge in [0, 0.05) is 24.6 Å². The molecule has 1 aliphatic carbocycles. The van der Waals surface area contributed by atoms with Gasteiger partial charge < -0.3 is 10.6 Å². The number of carbonyl (C=O) groups excluding carboxylic acids is 1. The highest BCUT2D eigenvalue weighted by atomic mass is 32.2. The molecule has 2 aliphatic rings. The fourth-order valence-electron chi connectivity index (χ4n) is 2.61. The number of nitrogens with zero attached hydrogens (tertiary/aromatic N) is 1. The summed E-state index contributed by atoms with van der Waals surface area (Å²) in [5.74, 6) is 2.27. The second kappa shape index (κ2) is 4.92. The first-order valence-corrected chi connectivity index (χ1v) is 7.40. The van der Waals surface area contributed by atoms with Gasteiger partial charge in [-0.05, 0) is 12.8 Å². The summed E-state index contributed by atoms with van der Waals surface area (Å²) in [6, 6.07) is 0. The minimum atomic E-state index is -0.503. The molecule has 0 spiro atoms. The monoisotopic (exact) mass is 258 g/mol. The Labute approximate surface area is 106 Å². The highest BCUT2D eigenvalue weighted by molar-refractivity contribution is 7.99. The molecule has 1 saturated heterocycles. The molecule has 2 rings (SSSR count). The Hall–Kier alpha value is -0.290. The van der Waals surface area contributed by atoms with E-state index in [0.717, 1.165) is 50.3 Å². The zero-order chi connectivity index (χ0) is 11.6. The Morgan fingerprint density at radius 1 is 1.25 bits per heavy atom. The van der Waals surface area contributed by atoms with Crippen LogP contribution in [0.2, 0.25) is 0 Å². The first-order valence-electron chi connectivity index (χ1n) is 5.84. The molecule has 1 heterocycles. The van der Waals surface area contributed by atoms with Crippen LogP contribution in [0.3, 0.4) is 0 Å². The lowest BCUT2D eigenvalue weighted by atomic mass is 9.84. The van der Waals surface area contributed by atoms with Crippen molar-refractivity contribution in [3.05, 3.63) is 0 Å². The molecular formula is C11H18N2OS2. The summed E-state index contributed by atoms with van der Waals surface area (Å²) in [4.78, 5) is 14.9. The molecule has 0 atom stereocenters. The maximum absolute atomic E-state index is 12.5. The van der Waals surface area contributed by atoms with E-state index in [0.29, 0.717) is 4.99 Å². The van der Waals surface area contributed by atoms with Gasteiger partial charge in [-0.25, -0.2) is 0 Å². The van der Waals surface area contributed by atoms with Crippen molar-refractivity contribution in [2.75, 3.05) is 24.6 Å². The first-order chi connectivity index (χ1) is 7.67. The van der Waals surface area contributed by atoms with Crippen LogP contribution in [0.1, 0.15) is 25.7 Å². The molecule has 5 heteroatoms. The minimum Gasteiger partial charge on any atom is -0.392 e. The predicted octanol–water partition coefficient (Wildman–Crippen LogP) is 1.41. The van der Waals surface area contributed by atoms with Crippen molar-refractivity contribution in [3.8, 4) is 0 Å². The second-order valence-electron chi connectivity index (χ2n) is 4.56. The molecule has 2 fully saturated rings. The minimum absolute atomic E-state index is 0.192. The van der Waals surface area contributed by atoms with E-state index in [9.17, 15) is 4.79 Å². The molecular weight excluding hydrogens is 240 g/mol. The number of carbonyl (C=O) groups is 1. The molecule has 0 radical (unpaired) electrons. The van der Waals surface area contributed by atoms with E-state index in [1.165, 1.54) is 0 Å². The molecule has 1 amide bonds. The van der Waals surface area contributed by atoms with Gasteiger partial charge in [-0.2, -0.15) is 11.8 Å². The van der Waals surface area contributed by atoms with Crippen molar-refractivity contribution < 1.29 is 4.79 Å². The molecule has 0 unspecified atom stereocenters. The Kier molecular flexibility index (Phi) is 3.74. The fourth-order valence-corrected chi connectivity index (χ4v) is 3.81. The maximum atomic E-state index is 12.5. The van der Waals surface area contributed by atoms with E-state index in [2.05, 4.69) is 0 Å². The molecule has 2 N–H and O–H groups in total. The molecule has 0 bridgehead atoms. The molecule has 0 aromatic carbocycles. The van der Waals surface area contributed by atoms with Gasteiger partial charge in [0.25, 0.3) is 0 Å². The summed E-state index contributed by atoms with van der Waals surface area (Å²) in [5.41, 5.74) is 5.32. The van der Waals surface area contributed by atoms with Gasteiger partial charge in [0.05, 0.1) is 10.4 Å². The topological polar surface area (TPSA) is 46.3 Å². The third kappa shape index (κ3) is 2.07. The van der Waals surface area contributed by atoms with Crippen LogP contribution in [0.15, 0.2) is 0 Å². The molecule has 90 valence electrons.